The van der Waals surface area contributed by atoms with Gasteiger partial charge in [-0.05, 0) is 35.9 Å². The van der Waals surface area contributed by atoms with E-state index in [9.17, 15) is 9.18 Å². The molecule has 0 fully saturated rings. The lowest BCUT2D eigenvalue weighted by Crippen LogP contribution is -2.09. The Morgan fingerprint density at radius 3 is 2.70 bits per heavy atom. The van der Waals surface area contributed by atoms with Crippen molar-refractivity contribution >= 4 is 35.0 Å². The molecule has 0 heterocycles. The summed E-state index contributed by atoms with van der Waals surface area (Å²) in [6.45, 7) is 0. The van der Waals surface area contributed by atoms with Crippen LogP contribution in [0.25, 0.3) is 6.08 Å². The molecule has 0 aliphatic heterocycles. The van der Waals surface area contributed by atoms with Gasteiger partial charge in [-0.1, -0.05) is 29.8 Å². The summed E-state index contributed by atoms with van der Waals surface area (Å²) in [5.41, 5.74) is 6.97. The van der Waals surface area contributed by atoms with Crippen LogP contribution in [0.5, 0.6) is 0 Å². The highest BCUT2D eigenvalue weighted by atomic mass is 35.5. The van der Waals surface area contributed by atoms with E-state index in [1.54, 1.807) is 30.3 Å². The van der Waals surface area contributed by atoms with Gasteiger partial charge in [0, 0.05) is 11.8 Å². The summed E-state index contributed by atoms with van der Waals surface area (Å²) >= 11 is 5.82. The highest BCUT2D eigenvalue weighted by molar-refractivity contribution is 6.33. The number of rotatable bonds is 3. The molecule has 0 saturated carbocycles. The first-order chi connectivity index (χ1) is 9.56. The second kappa shape index (κ2) is 6.21. The van der Waals surface area contributed by atoms with Gasteiger partial charge >= 0.3 is 0 Å². The van der Waals surface area contributed by atoms with Crippen LogP contribution < -0.4 is 11.1 Å². The second-order valence-corrected chi connectivity index (χ2v) is 4.50. The van der Waals surface area contributed by atoms with Gasteiger partial charge in [0.05, 0.1) is 10.7 Å². The quantitative estimate of drug-likeness (QED) is 0.669. The molecule has 3 N–H and O–H groups in total. The monoisotopic (exact) mass is 290 g/mol. The Morgan fingerprint density at radius 1 is 1.25 bits per heavy atom. The molecule has 0 aliphatic rings. The van der Waals surface area contributed by atoms with Crippen LogP contribution in [-0.2, 0) is 4.79 Å². The zero-order valence-corrected chi connectivity index (χ0v) is 11.2. The van der Waals surface area contributed by atoms with Crippen molar-refractivity contribution < 1.29 is 9.18 Å². The van der Waals surface area contributed by atoms with Gasteiger partial charge in [0.2, 0.25) is 5.91 Å². The third-order valence-electron chi connectivity index (χ3n) is 2.55. The second-order valence-electron chi connectivity index (χ2n) is 4.09. The van der Waals surface area contributed by atoms with Crippen molar-refractivity contribution in [3.05, 3.63) is 64.9 Å². The Kier molecular flexibility index (Phi) is 4.38. The summed E-state index contributed by atoms with van der Waals surface area (Å²) in [6.07, 6.45) is 2.87. The van der Waals surface area contributed by atoms with Gasteiger partial charge in [0.15, 0.2) is 0 Å². The number of anilines is 2. The summed E-state index contributed by atoms with van der Waals surface area (Å²) in [7, 11) is 0. The Bertz CT molecular complexity index is 650. The molecule has 3 nitrogen and oxygen atoms in total. The molecule has 102 valence electrons. The molecule has 2 rings (SSSR count). The molecule has 2 aromatic carbocycles. The molecule has 0 radical (unpaired) electrons. The van der Waals surface area contributed by atoms with Crippen LogP contribution in [0.3, 0.4) is 0 Å². The number of halogens is 2. The topological polar surface area (TPSA) is 55.1 Å². The molecule has 0 saturated heterocycles. The number of para-hydroxylation sites is 1. The number of hydrogen-bond acceptors (Lipinski definition) is 2. The fourth-order valence-corrected chi connectivity index (χ4v) is 1.83. The first-order valence-corrected chi connectivity index (χ1v) is 6.22. The SMILES string of the molecule is Nc1cccc(/C=C/C(=O)Nc2c(F)cccc2Cl)c1. The Hall–Kier alpha value is -2.33. The molecule has 0 unspecified atom stereocenters. The molecule has 5 heteroatoms. The summed E-state index contributed by atoms with van der Waals surface area (Å²) in [5, 5.41) is 2.55. The summed E-state index contributed by atoms with van der Waals surface area (Å²) in [5.74, 6) is -1.05. The Labute approximate surface area is 120 Å². The van der Waals surface area contributed by atoms with Crippen LogP contribution in [0.4, 0.5) is 15.8 Å². The minimum Gasteiger partial charge on any atom is -0.399 e. The van der Waals surface area contributed by atoms with Crippen LogP contribution in [0, 0.1) is 5.82 Å². The van der Waals surface area contributed by atoms with Crippen molar-refractivity contribution in [3.8, 4) is 0 Å². The van der Waals surface area contributed by atoms with Gasteiger partial charge in [0.1, 0.15) is 5.82 Å². The van der Waals surface area contributed by atoms with Crippen LogP contribution >= 0.6 is 11.6 Å². The number of amides is 1. The average Bonchev–Trinajstić information content (AvgIpc) is 2.41. The molecule has 1 amide bonds. The number of carbonyl (C=O) groups excluding carboxylic acids is 1. The Balaban J connectivity index is 2.10. The highest BCUT2D eigenvalue weighted by Crippen LogP contribution is 2.24. The van der Waals surface area contributed by atoms with Crippen molar-refractivity contribution in [3.63, 3.8) is 0 Å². The van der Waals surface area contributed by atoms with Crippen LogP contribution in [0.2, 0.25) is 5.02 Å². The molecular formula is C15H12ClFN2O. The number of nitrogens with two attached hydrogens (primary N) is 1. The normalized spacial score (nSPS) is 10.7. The first kappa shape index (κ1) is 14.1. The van der Waals surface area contributed by atoms with Gasteiger partial charge < -0.3 is 11.1 Å². The first-order valence-electron chi connectivity index (χ1n) is 5.85. The fourth-order valence-electron chi connectivity index (χ4n) is 1.62. The van der Waals surface area contributed by atoms with E-state index >= 15 is 0 Å². The number of nitrogen functional groups attached to an aromatic ring is 1. The van der Waals surface area contributed by atoms with E-state index in [1.165, 1.54) is 24.3 Å². The maximum atomic E-state index is 13.5. The van der Waals surface area contributed by atoms with Gasteiger partial charge in [-0.3, -0.25) is 4.79 Å². The number of carbonyl (C=O) groups is 1. The predicted molar refractivity (Wildman–Crippen MR) is 79.9 cm³/mol. The van der Waals surface area contributed by atoms with Gasteiger partial charge in [-0.25, -0.2) is 4.39 Å². The molecule has 0 spiro atoms. The van der Waals surface area contributed by atoms with E-state index in [0.29, 0.717) is 5.69 Å². The fraction of sp³-hybridized carbons (Fsp3) is 0. The number of benzene rings is 2. The van der Waals surface area contributed by atoms with Crippen LogP contribution in [0.15, 0.2) is 48.5 Å². The van der Waals surface area contributed by atoms with E-state index < -0.39 is 11.7 Å². The minimum absolute atomic E-state index is 0.0311. The van der Waals surface area contributed by atoms with Crippen molar-refractivity contribution in [2.75, 3.05) is 11.1 Å². The van der Waals surface area contributed by atoms with Gasteiger partial charge in [-0.15, -0.1) is 0 Å². The van der Waals surface area contributed by atoms with E-state index in [1.807, 2.05) is 0 Å². The van der Waals surface area contributed by atoms with Gasteiger partial charge in [-0.2, -0.15) is 0 Å². The molecule has 0 bridgehead atoms. The smallest absolute Gasteiger partial charge is 0.248 e. The predicted octanol–water partition coefficient (Wildman–Crippen LogP) is 3.71. The number of nitrogens with one attached hydrogen (secondary N) is 1. The lowest BCUT2D eigenvalue weighted by Gasteiger charge is -2.05. The Morgan fingerprint density at radius 2 is 2.00 bits per heavy atom. The summed E-state index contributed by atoms with van der Waals surface area (Å²) in [6, 6.07) is 11.2. The van der Waals surface area contributed by atoms with Crippen molar-refractivity contribution in [2.45, 2.75) is 0 Å². The maximum absolute atomic E-state index is 13.5. The largest absolute Gasteiger partial charge is 0.399 e. The van der Waals surface area contributed by atoms with E-state index in [-0.39, 0.29) is 10.7 Å². The zero-order chi connectivity index (χ0) is 14.5. The lowest BCUT2D eigenvalue weighted by atomic mass is 10.2. The van der Waals surface area contributed by atoms with E-state index in [0.717, 1.165) is 5.56 Å². The third kappa shape index (κ3) is 3.59. The zero-order valence-electron chi connectivity index (χ0n) is 10.4. The third-order valence-corrected chi connectivity index (χ3v) is 2.86. The molecule has 0 atom stereocenters. The molecular weight excluding hydrogens is 279 g/mol. The van der Waals surface area contributed by atoms with E-state index in [2.05, 4.69) is 5.32 Å². The molecule has 2 aromatic rings. The average molecular weight is 291 g/mol. The van der Waals surface area contributed by atoms with Crippen LogP contribution in [-0.4, -0.2) is 5.91 Å². The molecule has 0 aliphatic carbocycles. The van der Waals surface area contributed by atoms with E-state index in [4.69, 9.17) is 17.3 Å². The van der Waals surface area contributed by atoms with Crippen LogP contribution in [0.1, 0.15) is 5.56 Å². The maximum Gasteiger partial charge on any atom is 0.248 e. The molecule has 20 heavy (non-hydrogen) atoms. The standard InChI is InChI=1S/C15H12ClFN2O/c16-12-5-2-6-13(17)15(12)19-14(20)8-7-10-3-1-4-11(18)9-10/h1-9H,18H2,(H,19,20)/b8-7+. The highest BCUT2D eigenvalue weighted by Gasteiger charge is 2.08. The lowest BCUT2D eigenvalue weighted by molar-refractivity contribution is -0.111. The minimum atomic E-state index is -0.580. The summed E-state index contributed by atoms with van der Waals surface area (Å²) in [4.78, 5) is 11.7. The summed E-state index contributed by atoms with van der Waals surface area (Å²) < 4.78 is 13.5. The van der Waals surface area contributed by atoms with Gasteiger partial charge in [0.25, 0.3) is 0 Å². The number of hydrogen-bond donors (Lipinski definition) is 2. The van der Waals surface area contributed by atoms with Crippen molar-refractivity contribution in [1.29, 1.82) is 0 Å². The van der Waals surface area contributed by atoms with Crippen molar-refractivity contribution in [2.24, 2.45) is 0 Å². The van der Waals surface area contributed by atoms with Crippen molar-refractivity contribution in [1.82, 2.24) is 0 Å². The molecule has 0 aromatic heterocycles.